The van der Waals surface area contributed by atoms with Crippen LogP contribution in [0.5, 0.6) is 0 Å². The molecule has 202 valence electrons. The van der Waals surface area contributed by atoms with Gasteiger partial charge in [-0.05, 0) is 59.4 Å². The summed E-state index contributed by atoms with van der Waals surface area (Å²) in [4.78, 5) is 42.2. The van der Waals surface area contributed by atoms with Gasteiger partial charge in [-0.25, -0.2) is 4.79 Å². The number of ether oxygens (including phenoxy) is 1. The van der Waals surface area contributed by atoms with Crippen LogP contribution in [0.15, 0.2) is 91.0 Å². The topological polar surface area (TPSA) is 91.0 Å². The zero-order valence-electron chi connectivity index (χ0n) is 21.9. The number of amides is 2. The Bertz CT molecular complexity index is 1580. The fourth-order valence-electron chi connectivity index (χ4n) is 4.82. The highest BCUT2D eigenvalue weighted by Gasteiger charge is 2.24. The summed E-state index contributed by atoms with van der Waals surface area (Å²) in [5.41, 5.74) is 2.85. The van der Waals surface area contributed by atoms with E-state index in [-0.39, 0.29) is 16.9 Å². The third kappa shape index (κ3) is 5.79. The van der Waals surface area contributed by atoms with Crippen molar-refractivity contribution in [2.75, 3.05) is 43.5 Å². The van der Waals surface area contributed by atoms with Gasteiger partial charge in [0.1, 0.15) is 0 Å². The summed E-state index contributed by atoms with van der Waals surface area (Å²) in [6, 6.07) is 27.5. The summed E-state index contributed by atoms with van der Waals surface area (Å²) >= 11 is 5.51. The normalized spacial score (nSPS) is 13.0. The van der Waals surface area contributed by atoms with Gasteiger partial charge in [-0.2, -0.15) is 0 Å². The standard InChI is InChI=1S/C31H28N4O4S/c1-39-30(38)23-14-15-27(34-16-18-35(19-17-34)29(37)22-9-3-2-4-10-22)26(20-23)32-31(40)33-28(36)25-13-7-11-21-8-5-6-12-24(21)25/h2-15,20H,16-19H2,1H3,(H2,32,33,36,40). The number of nitrogens with zero attached hydrogens (tertiary/aromatic N) is 2. The largest absolute Gasteiger partial charge is 0.465 e. The van der Waals surface area contributed by atoms with Crippen LogP contribution in [0.2, 0.25) is 0 Å². The van der Waals surface area contributed by atoms with Crippen molar-refractivity contribution in [2.45, 2.75) is 0 Å². The molecule has 0 spiro atoms. The van der Waals surface area contributed by atoms with Gasteiger partial charge in [0.15, 0.2) is 5.11 Å². The van der Waals surface area contributed by atoms with Crippen LogP contribution in [-0.4, -0.2) is 61.1 Å². The Morgan fingerprint density at radius 2 is 1.50 bits per heavy atom. The quantitative estimate of drug-likeness (QED) is 0.274. The highest BCUT2D eigenvalue weighted by molar-refractivity contribution is 7.80. The molecule has 0 unspecified atom stereocenters. The zero-order chi connectivity index (χ0) is 28.1. The number of nitrogens with one attached hydrogen (secondary N) is 2. The van der Waals surface area contributed by atoms with E-state index in [1.807, 2.05) is 77.7 Å². The number of rotatable bonds is 5. The number of carbonyl (C=O) groups is 3. The highest BCUT2D eigenvalue weighted by Crippen LogP contribution is 2.29. The zero-order valence-corrected chi connectivity index (χ0v) is 22.7. The summed E-state index contributed by atoms with van der Waals surface area (Å²) in [5, 5.41) is 7.74. The maximum Gasteiger partial charge on any atom is 0.337 e. The van der Waals surface area contributed by atoms with Crippen molar-refractivity contribution < 1.29 is 19.1 Å². The molecule has 0 aliphatic carbocycles. The van der Waals surface area contributed by atoms with Gasteiger partial charge in [0.2, 0.25) is 0 Å². The minimum Gasteiger partial charge on any atom is -0.465 e. The van der Waals surface area contributed by atoms with E-state index in [9.17, 15) is 14.4 Å². The third-order valence-corrected chi connectivity index (χ3v) is 7.06. The van der Waals surface area contributed by atoms with Gasteiger partial charge in [0, 0.05) is 37.3 Å². The van der Waals surface area contributed by atoms with Crippen LogP contribution in [0.1, 0.15) is 31.1 Å². The number of benzene rings is 4. The van der Waals surface area contributed by atoms with Crippen molar-refractivity contribution in [3.63, 3.8) is 0 Å². The van der Waals surface area contributed by atoms with Crippen molar-refractivity contribution in [3.05, 3.63) is 108 Å². The first-order valence-corrected chi connectivity index (χ1v) is 13.3. The maximum absolute atomic E-state index is 13.1. The molecular formula is C31H28N4O4S. The van der Waals surface area contributed by atoms with Crippen LogP contribution in [-0.2, 0) is 4.74 Å². The van der Waals surface area contributed by atoms with Gasteiger partial charge in [0.25, 0.3) is 11.8 Å². The van der Waals surface area contributed by atoms with E-state index in [2.05, 4.69) is 15.5 Å². The Kier molecular flexibility index (Phi) is 8.02. The van der Waals surface area contributed by atoms with Crippen molar-refractivity contribution >= 4 is 57.3 Å². The second-order valence-corrected chi connectivity index (χ2v) is 9.71. The molecule has 0 bridgehead atoms. The molecule has 0 radical (unpaired) electrons. The maximum atomic E-state index is 13.1. The average molecular weight is 553 g/mol. The number of piperazine rings is 1. The third-order valence-electron chi connectivity index (χ3n) is 6.86. The number of carbonyl (C=O) groups excluding carboxylic acids is 3. The summed E-state index contributed by atoms with van der Waals surface area (Å²) in [6.45, 7) is 2.24. The lowest BCUT2D eigenvalue weighted by Crippen LogP contribution is -2.49. The van der Waals surface area contributed by atoms with E-state index in [1.165, 1.54) is 7.11 Å². The fourth-order valence-corrected chi connectivity index (χ4v) is 5.02. The van der Waals surface area contributed by atoms with Crippen LogP contribution < -0.4 is 15.5 Å². The average Bonchev–Trinajstić information content (AvgIpc) is 3.00. The van der Waals surface area contributed by atoms with Crippen molar-refractivity contribution in [1.82, 2.24) is 10.2 Å². The molecule has 40 heavy (non-hydrogen) atoms. The molecule has 0 atom stereocenters. The lowest BCUT2D eigenvalue weighted by atomic mass is 10.0. The fraction of sp³-hybridized carbons (Fsp3) is 0.161. The van der Waals surface area contributed by atoms with Crippen molar-refractivity contribution in [1.29, 1.82) is 0 Å². The molecule has 2 N–H and O–H groups in total. The number of fused-ring (bicyclic) bond motifs is 1. The van der Waals surface area contributed by atoms with Gasteiger partial charge >= 0.3 is 5.97 Å². The molecule has 4 aromatic rings. The van der Waals surface area contributed by atoms with Gasteiger partial charge in [-0.1, -0.05) is 54.6 Å². The predicted octanol–water partition coefficient (Wildman–Crippen LogP) is 4.72. The van der Waals surface area contributed by atoms with Crippen LogP contribution in [0, 0.1) is 0 Å². The van der Waals surface area contributed by atoms with Gasteiger partial charge in [-0.15, -0.1) is 0 Å². The number of thiocarbonyl (C=S) groups is 1. The van der Waals surface area contributed by atoms with E-state index >= 15 is 0 Å². The molecule has 1 saturated heterocycles. The van der Waals surface area contributed by atoms with Crippen LogP contribution in [0.4, 0.5) is 11.4 Å². The minimum atomic E-state index is -0.487. The Morgan fingerprint density at radius 1 is 0.800 bits per heavy atom. The number of esters is 1. The van der Waals surface area contributed by atoms with Crippen LogP contribution in [0.25, 0.3) is 10.8 Å². The summed E-state index contributed by atoms with van der Waals surface area (Å²) < 4.78 is 4.90. The molecule has 1 aliphatic rings. The molecule has 8 nitrogen and oxygen atoms in total. The second-order valence-electron chi connectivity index (χ2n) is 9.30. The van der Waals surface area contributed by atoms with E-state index in [4.69, 9.17) is 17.0 Å². The van der Waals surface area contributed by atoms with Gasteiger partial charge in [0.05, 0.1) is 24.0 Å². The van der Waals surface area contributed by atoms with Crippen molar-refractivity contribution in [2.24, 2.45) is 0 Å². The van der Waals surface area contributed by atoms with E-state index in [1.54, 1.807) is 18.2 Å². The van der Waals surface area contributed by atoms with Gasteiger partial charge < -0.3 is 19.9 Å². The SMILES string of the molecule is COC(=O)c1ccc(N2CCN(C(=O)c3ccccc3)CC2)c(NC(=S)NC(=O)c2cccc3ccccc23)c1. The molecular weight excluding hydrogens is 524 g/mol. The first-order valence-electron chi connectivity index (χ1n) is 12.9. The molecule has 1 fully saturated rings. The summed E-state index contributed by atoms with van der Waals surface area (Å²) in [5.74, 6) is -0.830. The number of hydrogen-bond donors (Lipinski definition) is 2. The summed E-state index contributed by atoms with van der Waals surface area (Å²) in [7, 11) is 1.32. The lowest BCUT2D eigenvalue weighted by molar-refractivity contribution is 0.0600. The Morgan fingerprint density at radius 3 is 2.25 bits per heavy atom. The van der Waals surface area contributed by atoms with E-state index < -0.39 is 5.97 Å². The monoisotopic (exact) mass is 552 g/mol. The molecule has 1 heterocycles. The molecule has 5 rings (SSSR count). The molecule has 9 heteroatoms. The molecule has 0 saturated carbocycles. The number of methoxy groups -OCH3 is 1. The minimum absolute atomic E-state index is 0.00281. The van der Waals surface area contributed by atoms with Crippen LogP contribution >= 0.6 is 12.2 Å². The van der Waals surface area contributed by atoms with E-state index in [0.717, 1.165) is 16.5 Å². The van der Waals surface area contributed by atoms with E-state index in [0.29, 0.717) is 48.6 Å². The smallest absolute Gasteiger partial charge is 0.337 e. The molecule has 4 aromatic carbocycles. The molecule has 0 aromatic heterocycles. The first kappa shape index (κ1) is 26.8. The first-order chi connectivity index (χ1) is 19.4. The lowest BCUT2D eigenvalue weighted by Gasteiger charge is -2.37. The Hall–Kier alpha value is -4.76. The second kappa shape index (κ2) is 12.0. The summed E-state index contributed by atoms with van der Waals surface area (Å²) in [6.07, 6.45) is 0. The predicted molar refractivity (Wildman–Crippen MR) is 160 cm³/mol. The Balaban J connectivity index is 1.33. The van der Waals surface area contributed by atoms with Crippen molar-refractivity contribution in [3.8, 4) is 0 Å². The van der Waals surface area contributed by atoms with Crippen LogP contribution in [0.3, 0.4) is 0 Å². The number of hydrogen-bond acceptors (Lipinski definition) is 6. The van der Waals surface area contributed by atoms with Gasteiger partial charge in [-0.3, -0.25) is 14.9 Å². The Labute approximate surface area is 237 Å². The number of anilines is 2. The molecule has 2 amide bonds. The highest BCUT2D eigenvalue weighted by atomic mass is 32.1. The molecule has 1 aliphatic heterocycles.